The molecule has 3 nitrogen and oxygen atoms in total. The number of piperidine rings is 1. The van der Waals surface area contributed by atoms with Gasteiger partial charge < -0.3 is 14.8 Å². The van der Waals surface area contributed by atoms with Crippen LogP contribution < -0.4 is 14.8 Å². The van der Waals surface area contributed by atoms with E-state index in [2.05, 4.69) is 5.32 Å². The first kappa shape index (κ1) is 15.9. The van der Waals surface area contributed by atoms with Crippen molar-refractivity contribution < 1.29 is 22.6 Å². The minimum Gasteiger partial charge on any atom is -0.496 e. The number of rotatable bonds is 4. The number of alkyl halides is 3. The standard InChI is InChI=1S/C15H20F3NO2/c1-3-21-13-8-12(15(16,17)18)14(20-2)7-11(13)10-5-4-6-19-9-10/h7-8,10,19H,3-6,9H2,1-2H3/t10-/m0/s1. The van der Waals surface area contributed by atoms with E-state index in [1.165, 1.54) is 13.2 Å². The molecule has 21 heavy (non-hydrogen) atoms. The van der Waals surface area contributed by atoms with Gasteiger partial charge in [-0.1, -0.05) is 0 Å². The summed E-state index contributed by atoms with van der Waals surface area (Å²) in [6, 6.07) is 2.54. The quantitative estimate of drug-likeness (QED) is 0.922. The Hall–Kier alpha value is -1.43. The van der Waals surface area contributed by atoms with Crippen LogP contribution in [0, 0.1) is 0 Å². The molecular weight excluding hydrogens is 283 g/mol. The van der Waals surface area contributed by atoms with Gasteiger partial charge in [-0.05, 0) is 38.4 Å². The third kappa shape index (κ3) is 3.61. The summed E-state index contributed by atoms with van der Waals surface area (Å²) in [6.45, 7) is 3.78. The number of hydrogen-bond acceptors (Lipinski definition) is 3. The molecule has 118 valence electrons. The molecule has 1 aromatic carbocycles. The Morgan fingerprint density at radius 2 is 2.05 bits per heavy atom. The fourth-order valence-corrected chi connectivity index (χ4v) is 2.68. The Balaban J connectivity index is 2.47. The minimum absolute atomic E-state index is 0.147. The van der Waals surface area contributed by atoms with Crippen LogP contribution in [0.25, 0.3) is 0 Å². The van der Waals surface area contributed by atoms with E-state index in [-0.39, 0.29) is 11.7 Å². The largest absolute Gasteiger partial charge is 0.496 e. The minimum atomic E-state index is -4.46. The van der Waals surface area contributed by atoms with Crippen molar-refractivity contribution in [2.45, 2.75) is 31.9 Å². The summed E-state index contributed by atoms with van der Waals surface area (Å²) in [6.07, 6.45) is -2.53. The average Bonchev–Trinajstić information content (AvgIpc) is 2.47. The van der Waals surface area contributed by atoms with Crippen molar-refractivity contribution in [3.05, 3.63) is 23.3 Å². The number of nitrogens with one attached hydrogen (secondary N) is 1. The maximum absolute atomic E-state index is 13.1. The molecule has 6 heteroatoms. The first-order valence-electron chi connectivity index (χ1n) is 7.10. The van der Waals surface area contributed by atoms with E-state index in [1.807, 2.05) is 0 Å². The molecule has 0 spiro atoms. The van der Waals surface area contributed by atoms with Gasteiger partial charge in [0.25, 0.3) is 0 Å². The van der Waals surface area contributed by atoms with E-state index in [0.717, 1.165) is 37.6 Å². The summed E-state index contributed by atoms with van der Waals surface area (Å²) in [7, 11) is 1.26. The first-order chi connectivity index (χ1) is 9.97. The monoisotopic (exact) mass is 303 g/mol. The van der Waals surface area contributed by atoms with Crippen molar-refractivity contribution in [3.8, 4) is 11.5 Å². The van der Waals surface area contributed by atoms with E-state index >= 15 is 0 Å². The van der Waals surface area contributed by atoms with Gasteiger partial charge in [0.1, 0.15) is 17.1 Å². The smallest absolute Gasteiger partial charge is 0.420 e. The summed E-state index contributed by atoms with van der Waals surface area (Å²) >= 11 is 0. The molecule has 1 saturated heterocycles. The first-order valence-corrected chi connectivity index (χ1v) is 7.10. The fourth-order valence-electron chi connectivity index (χ4n) is 2.68. The van der Waals surface area contributed by atoms with Gasteiger partial charge >= 0.3 is 6.18 Å². The van der Waals surface area contributed by atoms with E-state index in [1.54, 1.807) is 6.92 Å². The highest BCUT2D eigenvalue weighted by atomic mass is 19.4. The number of halogens is 3. The van der Waals surface area contributed by atoms with Crippen LogP contribution in [0.1, 0.15) is 36.8 Å². The second-order valence-corrected chi connectivity index (χ2v) is 5.06. The van der Waals surface area contributed by atoms with Crippen molar-refractivity contribution >= 4 is 0 Å². The predicted octanol–water partition coefficient (Wildman–Crippen LogP) is 3.58. The van der Waals surface area contributed by atoms with Gasteiger partial charge in [0, 0.05) is 18.0 Å². The maximum atomic E-state index is 13.1. The highest BCUT2D eigenvalue weighted by Gasteiger charge is 2.36. The Morgan fingerprint density at radius 1 is 1.29 bits per heavy atom. The third-order valence-corrected chi connectivity index (χ3v) is 3.67. The fraction of sp³-hybridized carbons (Fsp3) is 0.600. The highest BCUT2D eigenvalue weighted by Crippen LogP contribution is 2.43. The van der Waals surface area contributed by atoms with E-state index in [4.69, 9.17) is 9.47 Å². The summed E-state index contributed by atoms with van der Waals surface area (Å²) in [4.78, 5) is 0. The van der Waals surface area contributed by atoms with Gasteiger partial charge in [-0.25, -0.2) is 0 Å². The second kappa shape index (κ2) is 6.56. The van der Waals surface area contributed by atoms with Gasteiger partial charge in [-0.3, -0.25) is 0 Å². The van der Waals surface area contributed by atoms with Crippen molar-refractivity contribution in [2.24, 2.45) is 0 Å². The number of ether oxygens (including phenoxy) is 2. The lowest BCUT2D eigenvalue weighted by molar-refractivity contribution is -0.138. The molecule has 2 rings (SSSR count). The second-order valence-electron chi connectivity index (χ2n) is 5.06. The molecule has 1 N–H and O–H groups in total. The molecule has 0 saturated carbocycles. The summed E-state index contributed by atoms with van der Waals surface area (Å²) < 4.78 is 49.6. The molecule has 0 bridgehead atoms. The summed E-state index contributed by atoms with van der Waals surface area (Å²) in [5.41, 5.74) is -0.00475. The third-order valence-electron chi connectivity index (χ3n) is 3.67. The molecule has 0 amide bonds. The Labute approximate surface area is 122 Å². The average molecular weight is 303 g/mol. The topological polar surface area (TPSA) is 30.5 Å². The molecule has 0 aliphatic carbocycles. The van der Waals surface area contributed by atoms with Crippen LogP contribution in [0.4, 0.5) is 13.2 Å². The highest BCUT2D eigenvalue weighted by molar-refractivity contribution is 5.49. The van der Waals surface area contributed by atoms with Gasteiger partial charge in [0.2, 0.25) is 0 Å². The lowest BCUT2D eigenvalue weighted by atomic mass is 9.90. The van der Waals surface area contributed by atoms with Crippen molar-refractivity contribution in [1.82, 2.24) is 5.32 Å². The summed E-state index contributed by atoms with van der Waals surface area (Å²) in [5, 5.41) is 3.27. The number of methoxy groups -OCH3 is 1. The molecule has 1 aliphatic heterocycles. The molecule has 1 atom stereocenters. The van der Waals surface area contributed by atoms with E-state index < -0.39 is 11.7 Å². The zero-order valence-electron chi connectivity index (χ0n) is 12.2. The molecule has 0 aromatic heterocycles. The van der Waals surface area contributed by atoms with Crippen LogP contribution in [0.5, 0.6) is 11.5 Å². The van der Waals surface area contributed by atoms with E-state index in [0.29, 0.717) is 12.4 Å². The lowest BCUT2D eigenvalue weighted by Gasteiger charge is -2.26. The van der Waals surface area contributed by atoms with E-state index in [9.17, 15) is 13.2 Å². The van der Waals surface area contributed by atoms with Crippen molar-refractivity contribution in [1.29, 1.82) is 0 Å². The maximum Gasteiger partial charge on any atom is 0.420 e. The summed E-state index contributed by atoms with van der Waals surface area (Å²) in [5.74, 6) is 0.308. The Bertz CT molecular complexity index is 483. The SMILES string of the molecule is CCOc1cc(C(F)(F)F)c(OC)cc1[C@H]1CCCNC1. The molecule has 0 unspecified atom stereocenters. The zero-order chi connectivity index (χ0) is 15.5. The number of hydrogen-bond donors (Lipinski definition) is 1. The van der Waals surface area contributed by atoms with Crippen LogP contribution in [0.15, 0.2) is 12.1 Å². The molecule has 1 aromatic rings. The predicted molar refractivity (Wildman–Crippen MR) is 74.0 cm³/mol. The van der Waals surface area contributed by atoms with Crippen molar-refractivity contribution in [3.63, 3.8) is 0 Å². The molecule has 1 aliphatic rings. The van der Waals surface area contributed by atoms with Crippen LogP contribution in [0.3, 0.4) is 0 Å². The molecule has 1 heterocycles. The Kier molecular flexibility index (Phi) is 4.98. The van der Waals surface area contributed by atoms with Crippen LogP contribution in [0.2, 0.25) is 0 Å². The van der Waals surface area contributed by atoms with Crippen LogP contribution in [-0.4, -0.2) is 26.8 Å². The number of benzene rings is 1. The lowest BCUT2D eigenvalue weighted by Crippen LogP contribution is -2.28. The Morgan fingerprint density at radius 3 is 2.57 bits per heavy atom. The van der Waals surface area contributed by atoms with Crippen molar-refractivity contribution in [2.75, 3.05) is 26.8 Å². The van der Waals surface area contributed by atoms with Crippen LogP contribution in [-0.2, 0) is 6.18 Å². The molecule has 0 radical (unpaired) electrons. The molecular formula is C15H20F3NO2. The van der Waals surface area contributed by atoms with Gasteiger partial charge in [0.15, 0.2) is 0 Å². The normalized spacial score (nSPS) is 19.4. The van der Waals surface area contributed by atoms with Crippen LogP contribution >= 0.6 is 0 Å². The van der Waals surface area contributed by atoms with Gasteiger partial charge in [-0.15, -0.1) is 0 Å². The zero-order valence-corrected chi connectivity index (χ0v) is 12.2. The molecule has 1 fully saturated rings. The van der Waals surface area contributed by atoms with Gasteiger partial charge in [-0.2, -0.15) is 13.2 Å². The van der Waals surface area contributed by atoms with Gasteiger partial charge in [0.05, 0.1) is 13.7 Å².